The van der Waals surface area contributed by atoms with Gasteiger partial charge in [-0.2, -0.15) is 5.10 Å². The third-order valence-electron chi connectivity index (χ3n) is 3.55. The molecule has 5 nitrogen and oxygen atoms in total. The predicted molar refractivity (Wildman–Crippen MR) is 68.3 cm³/mol. The van der Waals surface area contributed by atoms with Gasteiger partial charge in [-0.15, -0.1) is 5.10 Å². The number of aromatic nitrogens is 2. The fourth-order valence-corrected chi connectivity index (χ4v) is 2.32. The van der Waals surface area contributed by atoms with E-state index in [0.717, 1.165) is 36.3 Å². The Bertz CT molecular complexity index is 448. The Morgan fingerprint density at radius 2 is 2.17 bits per heavy atom. The Hall–Kier alpha value is -1.65. The third-order valence-corrected chi connectivity index (χ3v) is 3.55. The minimum Gasteiger partial charge on any atom is -0.469 e. The van der Waals surface area contributed by atoms with E-state index in [9.17, 15) is 4.79 Å². The molecule has 2 atom stereocenters. The zero-order chi connectivity index (χ0) is 13.1. The van der Waals surface area contributed by atoms with Crippen molar-refractivity contribution in [3.63, 3.8) is 0 Å². The summed E-state index contributed by atoms with van der Waals surface area (Å²) in [7, 11) is 1.44. The number of ether oxygens (including phenoxy) is 1. The van der Waals surface area contributed by atoms with E-state index in [1.165, 1.54) is 7.11 Å². The Kier molecular flexibility index (Phi) is 3.79. The molecule has 0 saturated heterocycles. The first-order chi connectivity index (χ1) is 8.60. The molecule has 5 heteroatoms. The van der Waals surface area contributed by atoms with Crippen molar-refractivity contribution in [3.8, 4) is 0 Å². The smallest absolute Gasteiger partial charge is 0.308 e. The molecule has 0 unspecified atom stereocenters. The lowest BCUT2D eigenvalue weighted by Crippen LogP contribution is -2.19. The number of anilines is 1. The molecular formula is C13H19N3O2. The Balaban J connectivity index is 1.95. The molecule has 0 spiro atoms. The van der Waals surface area contributed by atoms with E-state index in [1.807, 2.05) is 19.9 Å². The van der Waals surface area contributed by atoms with Crippen molar-refractivity contribution in [2.24, 2.45) is 5.92 Å². The number of nitrogens with zero attached hydrogens (tertiary/aromatic N) is 2. The molecular weight excluding hydrogens is 230 g/mol. The van der Waals surface area contributed by atoms with Crippen molar-refractivity contribution in [2.45, 2.75) is 39.2 Å². The van der Waals surface area contributed by atoms with Gasteiger partial charge in [0, 0.05) is 6.04 Å². The molecule has 0 amide bonds. The SMILES string of the molecule is COC(=O)[C@H]1CC[C@@H](Nc2cc(C)c(C)nn2)C1. The number of aryl methyl sites for hydroxylation is 2. The van der Waals surface area contributed by atoms with Gasteiger partial charge in [0.15, 0.2) is 0 Å². The van der Waals surface area contributed by atoms with Gasteiger partial charge in [-0.25, -0.2) is 0 Å². The highest BCUT2D eigenvalue weighted by atomic mass is 16.5. The average molecular weight is 249 g/mol. The van der Waals surface area contributed by atoms with Crippen LogP contribution < -0.4 is 5.32 Å². The van der Waals surface area contributed by atoms with Crippen molar-refractivity contribution < 1.29 is 9.53 Å². The molecule has 1 fully saturated rings. The van der Waals surface area contributed by atoms with Gasteiger partial charge in [0.1, 0.15) is 5.82 Å². The monoisotopic (exact) mass is 249 g/mol. The van der Waals surface area contributed by atoms with Crippen molar-refractivity contribution in [3.05, 3.63) is 17.3 Å². The van der Waals surface area contributed by atoms with Crippen LogP contribution in [0.1, 0.15) is 30.5 Å². The van der Waals surface area contributed by atoms with Crippen LogP contribution in [0, 0.1) is 19.8 Å². The van der Waals surface area contributed by atoms with E-state index in [2.05, 4.69) is 15.5 Å². The molecule has 0 aliphatic heterocycles. The number of hydrogen-bond donors (Lipinski definition) is 1. The quantitative estimate of drug-likeness (QED) is 0.828. The molecule has 0 radical (unpaired) electrons. The van der Waals surface area contributed by atoms with Crippen LogP contribution in [0.4, 0.5) is 5.82 Å². The largest absolute Gasteiger partial charge is 0.469 e. The predicted octanol–water partition coefficient (Wildman–Crippen LogP) is 1.85. The summed E-state index contributed by atoms with van der Waals surface area (Å²) in [5.74, 6) is 0.700. The van der Waals surface area contributed by atoms with Gasteiger partial charge >= 0.3 is 5.97 Å². The number of nitrogens with one attached hydrogen (secondary N) is 1. The number of rotatable bonds is 3. The zero-order valence-electron chi connectivity index (χ0n) is 11.1. The van der Waals surface area contributed by atoms with Gasteiger partial charge in [-0.1, -0.05) is 0 Å². The molecule has 1 aromatic heterocycles. The second kappa shape index (κ2) is 5.33. The number of carbonyl (C=O) groups excluding carboxylic acids is 1. The van der Waals surface area contributed by atoms with Crippen LogP contribution in [0.2, 0.25) is 0 Å². The second-order valence-electron chi connectivity index (χ2n) is 4.87. The maximum Gasteiger partial charge on any atom is 0.308 e. The molecule has 0 aromatic carbocycles. The fourth-order valence-electron chi connectivity index (χ4n) is 2.32. The maximum atomic E-state index is 11.4. The number of esters is 1. The Morgan fingerprint density at radius 3 is 2.83 bits per heavy atom. The fraction of sp³-hybridized carbons (Fsp3) is 0.615. The molecule has 0 bridgehead atoms. The van der Waals surface area contributed by atoms with E-state index in [4.69, 9.17) is 4.74 Å². The summed E-state index contributed by atoms with van der Waals surface area (Å²) < 4.78 is 4.77. The number of carbonyl (C=O) groups is 1. The Labute approximate surface area is 107 Å². The highest BCUT2D eigenvalue weighted by Crippen LogP contribution is 2.28. The van der Waals surface area contributed by atoms with Crippen LogP contribution in [0.25, 0.3) is 0 Å². The average Bonchev–Trinajstić information content (AvgIpc) is 2.81. The highest BCUT2D eigenvalue weighted by Gasteiger charge is 2.30. The van der Waals surface area contributed by atoms with Crippen LogP contribution in [0.5, 0.6) is 0 Å². The maximum absolute atomic E-state index is 11.4. The van der Waals surface area contributed by atoms with E-state index in [1.54, 1.807) is 0 Å². The molecule has 1 aliphatic carbocycles. The van der Waals surface area contributed by atoms with Crippen molar-refractivity contribution in [1.82, 2.24) is 10.2 Å². The van der Waals surface area contributed by atoms with Crippen molar-refractivity contribution in [1.29, 1.82) is 0 Å². The molecule has 1 saturated carbocycles. The minimum atomic E-state index is -0.106. The van der Waals surface area contributed by atoms with E-state index in [0.29, 0.717) is 0 Å². The second-order valence-corrected chi connectivity index (χ2v) is 4.87. The van der Waals surface area contributed by atoms with E-state index < -0.39 is 0 Å². The molecule has 1 aromatic rings. The number of methoxy groups -OCH3 is 1. The molecule has 2 rings (SSSR count). The van der Waals surface area contributed by atoms with Crippen LogP contribution in [-0.2, 0) is 9.53 Å². The van der Waals surface area contributed by atoms with Gasteiger partial charge in [-0.3, -0.25) is 4.79 Å². The van der Waals surface area contributed by atoms with Gasteiger partial charge in [-0.05, 0) is 44.7 Å². The van der Waals surface area contributed by atoms with Gasteiger partial charge < -0.3 is 10.1 Å². The normalized spacial score (nSPS) is 22.8. The lowest BCUT2D eigenvalue weighted by atomic mass is 10.1. The number of hydrogen-bond acceptors (Lipinski definition) is 5. The van der Waals surface area contributed by atoms with E-state index >= 15 is 0 Å². The van der Waals surface area contributed by atoms with Crippen LogP contribution in [0.15, 0.2) is 6.07 Å². The summed E-state index contributed by atoms with van der Waals surface area (Å²) in [5, 5.41) is 11.5. The van der Waals surface area contributed by atoms with Crippen molar-refractivity contribution in [2.75, 3.05) is 12.4 Å². The van der Waals surface area contributed by atoms with Crippen molar-refractivity contribution >= 4 is 11.8 Å². The zero-order valence-corrected chi connectivity index (χ0v) is 11.1. The molecule has 98 valence electrons. The first-order valence-electron chi connectivity index (χ1n) is 6.25. The third kappa shape index (κ3) is 2.78. The summed E-state index contributed by atoms with van der Waals surface area (Å²) in [6.07, 6.45) is 2.65. The van der Waals surface area contributed by atoms with Crippen LogP contribution in [-0.4, -0.2) is 29.3 Å². The van der Waals surface area contributed by atoms with Crippen LogP contribution in [0.3, 0.4) is 0 Å². The molecule has 1 heterocycles. The molecule has 1 aliphatic rings. The van der Waals surface area contributed by atoms with E-state index in [-0.39, 0.29) is 17.9 Å². The minimum absolute atomic E-state index is 0.0204. The first kappa shape index (κ1) is 12.8. The first-order valence-corrected chi connectivity index (χ1v) is 6.25. The lowest BCUT2D eigenvalue weighted by molar-refractivity contribution is -0.145. The summed E-state index contributed by atoms with van der Waals surface area (Å²) in [4.78, 5) is 11.4. The summed E-state index contributed by atoms with van der Waals surface area (Å²) in [5.41, 5.74) is 2.06. The van der Waals surface area contributed by atoms with Crippen LogP contribution >= 0.6 is 0 Å². The van der Waals surface area contributed by atoms with Gasteiger partial charge in [0.25, 0.3) is 0 Å². The molecule has 18 heavy (non-hydrogen) atoms. The lowest BCUT2D eigenvalue weighted by Gasteiger charge is -2.13. The Morgan fingerprint density at radius 1 is 1.39 bits per heavy atom. The topological polar surface area (TPSA) is 64.1 Å². The standard InChI is InChI=1S/C13H19N3O2/c1-8-6-12(16-15-9(8)2)14-11-5-4-10(7-11)13(17)18-3/h6,10-11H,4-5,7H2,1-3H3,(H,14,16)/t10-,11+/m0/s1. The summed E-state index contributed by atoms with van der Waals surface area (Å²) in [6, 6.07) is 2.28. The summed E-state index contributed by atoms with van der Waals surface area (Å²) in [6.45, 7) is 3.95. The van der Waals surface area contributed by atoms with Gasteiger partial charge in [0.05, 0.1) is 18.7 Å². The molecule has 1 N–H and O–H groups in total. The summed E-state index contributed by atoms with van der Waals surface area (Å²) >= 11 is 0. The highest BCUT2D eigenvalue weighted by molar-refractivity contribution is 5.72. The van der Waals surface area contributed by atoms with Gasteiger partial charge in [0.2, 0.25) is 0 Å².